The SMILES string of the molecule is CNC(=O)c1cc2c(Oc3ccc(NC(=O)C4(C(=O)Nc5ccc(F)cc5OC)CC4)cc3F)ccnc2cc1OC. The van der Waals surface area contributed by atoms with Crippen LogP contribution < -0.4 is 30.2 Å². The minimum atomic E-state index is -1.36. The second kappa shape index (κ2) is 11.3. The van der Waals surface area contributed by atoms with Gasteiger partial charge in [-0.15, -0.1) is 0 Å². The van der Waals surface area contributed by atoms with Gasteiger partial charge in [-0.3, -0.25) is 19.4 Å². The van der Waals surface area contributed by atoms with E-state index < -0.39 is 28.9 Å². The van der Waals surface area contributed by atoms with E-state index >= 15 is 4.39 Å². The number of anilines is 2. The van der Waals surface area contributed by atoms with E-state index in [-0.39, 0.29) is 52.9 Å². The summed E-state index contributed by atoms with van der Waals surface area (Å²) in [6, 6.07) is 12.1. The number of carbonyl (C=O) groups is 3. The number of amides is 3. The van der Waals surface area contributed by atoms with Crippen LogP contribution in [0.1, 0.15) is 23.2 Å². The van der Waals surface area contributed by atoms with Crippen molar-refractivity contribution in [2.45, 2.75) is 12.8 Å². The summed E-state index contributed by atoms with van der Waals surface area (Å²) in [7, 11) is 4.26. The zero-order valence-electron chi connectivity index (χ0n) is 22.8. The number of aromatic nitrogens is 1. The van der Waals surface area contributed by atoms with Gasteiger partial charge < -0.3 is 30.2 Å². The van der Waals surface area contributed by atoms with Crippen LogP contribution in [-0.2, 0) is 9.59 Å². The van der Waals surface area contributed by atoms with Gasteiger partial charge in [0, 0.05) is 42.5 Å². The zero-order chi connectivity index (χ0) is 30.0. The Kier molecular flexibility index (Phi) is 7.62. The van der Waals surface area contributed by atoms with Crippen LogP contribution in [0.25, 0.3) is 10.9 Å². The second-order valence-corrected chi connectivity index (χ2v) is 9.54. The standard InChI is InChI=1S/C30H26F2N4O6/c1-33-27(37)19-14-18-22(15-25(19)40-2)34-11-8-23(18)42-24-7-5-17(13-20(24)32)35-28(38)30(9-10-30)29(39)36-21-6-4-16(31)12-26(21)41-3/h4-8,11-15H,9-10H2,1-3H3,(H,33,37)(H,35,38)(H,36,39). The van der Waals surface area contributed by atoms with Crippen LogP contribution in [0.15, 0.2) is 60.8 Å². The third-order valence-electron chi connectivity index (χ3n) is 6.94. The Morgan fingerprint density at radius 3 is 2.24 bits per heavy atom. The number of ether oxygens (including phenoxy) is 3. The molecule has 0 saturated heterocycles. The van der Waals surface area contributed by atoms with Crippen LogP contribution in [0.4, 0.5) is 20.2 Å². The molecule has 1 aliphatic rings. The van der Waals surface area contributed by atoms with Gasteiger partial charge in [-0.25, -0.2) is 8.78 Å². The number of halogens is 2. The molecule has 12 heteroatoms. The van der Waals surface area contributed by atoms with Crippen molar-refractivity contribution in [1.29, 1.82) is 0 Å². The highest BCUT2D eigenvalue weighted by molar-refractivity contribution is 6.17. The van der Waals surface area contributed by atoms with Crippen LogP contribution in [0.3, 0.4) is 0 Å². The van der Waals surface area contributed by atoms with E-state index in [0.717, 1.165) is 18.2 Å². The topological polar surface area (TPSA) is 128 Å². The Bertz CT molecular complexity index is 1720. The number of nitrogens with one attached hydrogen (secondary N) is 3. The smallest absolute Gasteiger partial charge is 0.254 e. The monoisotopic (exact) mass is 576 g/mol. The molecule has 0 bridgehead atoms. The van der Waals surface area contributed by atoms with Crippen molar-refractivity contribution in [1.82, 2.24) is 10.3 Å². The first kappa shape index (κ1) is 28.3. The first-order valence-electron chi connectivity index (χ1n) is 12.8. The lowest BCUT2D eigenvalue weighted by molar-refractivity contribution is -0.131. The van der Waals surface area contributed by atoms with Gasteiger partial charge in [0.25, 0.3) is 5.91 Å². The van der Waals surface area contributed by atoms with Crippen molar-refractivity contribution in [2.24, 2.45) is 5.41 Å². The summed E-state index contributed by atoms with van der Waals surface area (Å²) in [4.78, 5) is 42.7. The summed E-state index contributed by atoms with van der Waals surface area (Å²) in [5, 5.41) is 8.21. The van der Waals surface area contributed by atoms with Crippen molar-refractivity contribution in [2.75, 3.05) is 31.9 Å². The Balaban J connectivity index is 1.33. The number of pyridine rings is 1. The van der Waals surface area contributed by atoms with Crippen molar-refractivity contribution in [3.05, 3.63) is 78.0 Å². The highest BCUT2D eigenvalue weighted by Gasteiger charge is 2.56. The molecule has 1 aromatic heterocycles. The quantitative estimate of drug-likeness (QED) is 0.238. The molecule has 216 valence electrons. The highest BCUT2D eigenvalue weighted by Crippen LogP contribution is 2.48. The van der Waals surface area contributed by atoms with Gasteiger partial charge in [0.2, 0.25) is 11.8 Å². The Morgan fingerprint density at radius 1 is 0.833 bits per heavy atom. The molecule has 0 spiro atoms. The molecule has 0 atom stereocenters. The van der Waals surface area contributed by atoms with E-state index in [1.54, 1.807) is 12.1 Å². The summed E-state index contributed by atoms with van der Waals surface area (Å²) < 4.78 is 44.9. The third-order valence-corrected chi connectivity index (χ3v) is 6.94. The van der Waals surface area contributed by atoms with E-state index in [4.69, 9.17) is 14.2 Å². The molecule has 1 heterocycles. The van der Waals surface area contributed by atoms with Gasteiger partial charge >= 0.3 is 0 Å². The van der Waals surface area contributed by atoms with Gasteiger partial charge in [0.05, 0.1) is 31.0 Å². The number of benzene rings is 3. The zero-order valence-corrected chi connectivity index (χ0v) is 22.8. The average Bonchev–Trinajstić information content (AvgIpc) is 3.81. The largest absolute Gasteiger partial charge is 0.496 e. The molecule has 0 radical (unpaired) electrons. The number of carbonyl (C=O) groups excluding carboxylic acids is 3. The number of methoxy groups -OCH3 is 2. The molecule has 10 nitrogen and oxygen atoms in total. The van der Waals surface area contributed by atoms with Crippen molar-refractivity contribution < 1.29 is 37.4 Å². The normalized spacial score (nSPS) is 13.2. The molecule has 0 aliphatic heterocycles. The highest BCUT2D eigenvalue weighted by atomic mass is 19.1. The van der Waals surface area contributed by atoms with E-state index in [9.17, 15) is 18.8 Å². The minimum absolute atomic E-state index is 0.114. The van der Waals surface area contributed by atoms with Crippen LogP contribution >= 0.6 is 0 Å². The lowest BCUT2D eigenvalue weighted by Crippen LogP contribution is -2.35. The molecule has 1 fully saturated rings. The van der Waals surface area contributed by atoms with Gasteiger partial charge in [-0.05, 0) is 49.2 Å². The van der Waals surface area contributed by atoms with Crippen molar-refractivity contribution in [3.63, 3.8) is 0 Å². The number of hydrogen-bond acceptors (Lipinski definition) is 7. The van der Waals surface area contributed by atoms with Crippen LogP contribution in [0, 0.1) is 17.0 Å². The summed E-state index contributed by atoms with van der Waals surface area (Å²) in [5.41, 5.74) is -0.299. The van der Waals surface area contributed by atoms with Gasteiger partial charge in [-0.2, -0.15) is 0 Å². The van der Waals surface area contributed by atoms with Gasteiger partial charge in [0.15, 0.2) is 11.6 Å². The Morgan fingerprint density at radius 2 is 1.57 bits per heavy atom. The van der Waals surface area contributed by atoms with E-state index in [2.05, 4.69) is 20.9 Å². The predicted molar refractivity (Wildman–Crippen MR) is 150 cm³/mol. The number of nitrogens with zero attached hydrogens (tertiary/aromatic N) is 1. The van der Waals surface area contributed by atoms with Gasteiger partial charge in [-0.1, -0.05) is 0 Å². The van der Waals surface area contributed by atoms with E-state index in [1.165, 1.54) is 51.7 Å². The molecule has 3 N–H and O–H groups in total. The van der Waals surface area contributed by atoms with E-state index in [1.807, 2.05) is 0 Å². The molecule has 3 aromatic carbocycles. The first-order valence-corrected chi connectivity index (χ1v) is 12.8. The fourth-order valence-corrected chi connectivity index (χ4v) is 4.44. The van der Waals surface area contributed by atoms with Crippen molar-refractivity contribution >= 4 is 40.0 Å². The Hall–Kier alpha value is -5.26. The molecule has 5 rings (SSSR count). The Labute approximate surface area is 239 Å². The second-order valence-electron chi connectivity index (χ2n) is 9.54. The molecular formula is C30H26F2N4O6. The molecule has 3 amide bonds. The number of fused-ring (bicyclic) bond motifs is 1. The molecule has 42 heavy (non-hydrogen) atoms. The first-order chi connectivity index (χ1) is 20.2. The van der Waals surface area contributed by atoms with Crippen LogP contribution in [0.2, 0.25) is 0 Å². The van der Waals surface area contributed by atoms with Crippen LogP contribution in [-0.4, -0.2) is 44.0 Å². The molecule has 0 unspecified atom stereocenters. The van der Waals surface area contributed by atoms with Gasteiger partial charge in [0.1, 0.15) is 28.5 Å². The molecule has 4 aromatic rings. The molecule has 1 aliphatic carbocycles. The fourth-order valence-electron chi connectivity index (χ4n) is 4.44. The minimum Gasteiger partial charge on any atom is -0.496 e. The number of rotatable bonds is 9. The predicted octanol–water partition coefficient (Wildman–Crippen LogP) is 5.04. The maximum Gasteiger partial charge on any atom is 0.254 e. The maximum atomic E-state index is 15.1. The maximum absolute atomic E-state index is 15.1. The summed E-state index contributed by atoms with van der Waals surface area (Å²) in [5.74, 6) is -2.35. The number of hydrogen-bond donors (Lipinski definition) is 3. The lowest BCUT2D eigenvalue weighted by atomic mass is 10.0. The van der Waals surface area contributed by atoms with Crippen LogP contribution in [0.5, 0.6) is 23.0 Å². The van der Waals surface area contributed by atoms with E-state index in [0.29, 0.717) is 16.7 Å². The fraction of sp³-hybridized carbons (Fsp3) is 0.200. The lowest BCUT2D eigenvalue weighted by Gasteiger charge is -2.17. The third kappa shape index (κ3) is 5.38. The average molecular weight is 577 g/mol. The molecular weight excluding hydrogens is 550 g/mol. The molecule has 1 saturated carbocycles. The summed E-state index contributed by atoms with van der Waals surface area (Å²) >= 11 is 0. The summed E-state index contributed by atoms with van der Waals surface area (Å²) in [6.07, 6.45) is 2.05. The summed E-state index contributed by atoms with van der Waals surface area (Å²) in [6.45, 7) is 0. The van der Waals surface area contributed by atoms with Crippen molar-refractivity contribution in [3.8, 4) is 23.0 Å².